The van der Waals surface area contributed by atoms with Crippen LogP contribution in [-0.4, -0.2) is 34.9 Å². The lowest BCUT2D eigenvalue weighted by Gasteiger charge is -2.33. The first-order chi connectivity index (χ1) is 7.64. The maximum absolute atomic E-state index is 12.2. The van der Waals surface area contributed by atoms with E-state index in [0.29, 0.717) is 5.92 Å². The summed E-state index contributed by atoms with van der Waals surface area (Å²) in [5, 5.41) is 11.6. The van der Waals surface area contributed by atoms with Gasteiger partial charge in [0.15, 0.2) is 5.84 Å². The smallest absolute Gasteiger partial charge is 0.235 e. The SMILES string of the molecule is CC(C)CC(C)N(C)C(=O)C(C)(C)C(N)=NO. The van der Waals surface area contributed by atoms with Gasteiger partial charge in [0, 0.05) is 13.1 Å². The molecule has 0 saturated heterocycles. The van der Waals surface area contributed by atoms with Crippen molar-refractivity contribution in [2.75, 3.05) is 7.05 Å². The molecule has 1 amide bonds. The molecule has 0 rings (SSSR count). The van der Waals surface area contributed by atoms with Gasteiger partial charge in [-0.05, 0) is 33.1 Å². The fourth-order valence-corrected chi connectivity index (χ4v) is 1.72. The molecule has 0 saturated carbocycles. The van der Waals surface area contributed by atoms with Crippen molar-refractivity contribution in [1.29, 1.82) is 0 Å². The fourth-order valence-electron chi connectivity index (χ4n) is 1.72. The Kier molecular flexibility index (Phi) is 5.45. The minimum absolute atomic E-state index is 0.0638. The highest BCUT2D eigenvalue weighted by Crippen LogP contribution is 2.21. The predicted molar refractivity (Wildman–Crippen MR) is 68.9 cm³/mol. The summed E-state index contributed by atoms with van der Waals surface area (Å²) in [4.78, 5) is 13.9. The molecular formula is C12H25N3O2. The Labute approximate surface area is 104 Å². The van der Waals surface area contributed by atoms with Crippen LogP contribution in [0, 0.1) is 11.3 Å². The van der Waals surface area contributed by atoms with Gasteiger partial charge in [-0.3, -0.25) is 4.79 Å². The van der Waals surface area contributed by atoms with Crippen LogP contribution in [0.5, 0.6) is 0 Å². The highest BCUT2D eigenvalue weighted by atomic mass is 16.4. The van der Waals surface area contributed by atoms with E-state index < -0.39 is 5.41 Å². The van der Waals surface area contributed by atoms with Crippen LogP contribution in [0.15, 0.2) is 5.16 Å². The van der Waals surface area contributed by atoms with Gasteiger partial charge >= 0.3 is 0 Å². The topological polar surface area (TPSA) is 78.9 Å². The molecule has 0 aliphatic heterocycles. The van der Waals surface area contributed by atoms with Crippen LogP contribution in [0.4, 0.5) is 0 Å². The van der Waals surface area contributed by atoms with E-state index in [1.807, 2.05) is 6.92 Å². The van der Waals surface area contributed by atoms with Crippen molar-refractivity contribution >= 4 is 11.7 Å². The maximum Gasteiger partial charge on any atom is 0.235 e. The number of carbonyl (C=O) groups excluding carboxylic acids is 1. The monoisotopic (exact) mass is 243 g/mol. The Balaban J connectivity index is 4.81. The van der Waals surface area contributed by atoms with Gasteiger partial charge in [0.25, 0.3) is 0 Å². The first kappa shape index (κ1) is 15.7. The van der Waals surface area contributed by atoms with E-state index in [0.717, 1.165) is 6.42 Å². The number of amidine groups is 1. The second-order valence-corrected chi connectivity index (χ2v) is 5.50. The van der Waals surface area contributed by atoms with Gasteiger partial charge in [-0.25, -0.2) is 0 Å². The molecule has 100 valence electrons. The number of oxime groups is 1. The van der Waals surface area contributed by atoms with E-state index in [4.69, 9.17) is 10.9 Å². The summed E-state index contributed by atoms with van der Waals surface area (Å²) in [6.45, 7) is 9.54. The summed E-state index contributed by atoms with van der Waals surface area (Å²) < 4.78 is 0. The highest BCUT2D eigenvalue weighted by Gasteiger charge is 2.36. The molecule has 0 heterocycles. The average Bonchev–Trinajstić information content (AvgIpc) is 2.24. The predicted octanol–water partition coefficient (Wildman–Crippen LogP) is 1.65. The van der Waals surface area contributed by atoms with Crippen molar-refractivity contribution in [3.63, 3.8) is 0 Å². The third-order valence-corrected chi connectivity index (χ3v) is 3.08. The third kappa shape index (κ3) is 3.91. The number of hydrogen-bond acceptors (Lipinski definition) is 3. The largest absolute Gasteiger partial charge is 0.409 e. The second-order valence-electron chi connectivity index (χ2n) is 5.50. The zero-order chi connectivity index (χ0) is 13.8. The Morgan fingerprint density at radius 3 is 2.24 bits per heavy atom. The summed E-state index contributed by atoms with van der Waals surface area (Å²) in [7, 11) is 1.75. The fraction of sp³-hybridized carbons (Fsp3) is 0.833. The van der Waals surface area contributed by atoms with Crippen molar-refractivity contribution in [2.24, 2.45) is 22.2 Å². The Morgan fingerprint density at radius 2 is 1.88 bits per heavy atom. The van der Waals surface area contributed by atoms with Crippen LogP contribution in [-0.2, 0) is 4.79 Å². The standard InChI is InChI=1S/C12H25N3O2/c1-8(2)7-9(3)15(6)11(16)12(4,5)10(13)14-17/h8-9,17H,7H2,1-6H3,(H2,13,14). The lowest BCUT2D eigenvalue weighted by atomic mass is 9.89. The lowest BCUT2D eigenvalue weighted by molar-refractivity contribution is -0.137. The van der Waals surface area contributed by atoms with Crippen LogP contribution >= 0.6 is 0 Å². The normalized spacial score (nSPS) is 14.9. The lowest BCUT2D eigenvalue weighted by Crippen LogP contribution is -2.49. The molecule has 0 fully saturated rings. The summed E-state index contributed by atoms with van der Waals surface area (Å²) in [6.07, 6.45) is 0.925. The summed E-state index contributed by atoms with van der Waals surface area (Å²) in [6, 6.07) is 0.133. The Hall–Kier alpha value is -1.26. The minimum Gasteiger partial charge on any atom is -0.409 e. The van der Waals surface area contributed by atoms with Crippen LogP contribution < -0.4 is 5.73 Å². The summed E-state index contributed by atoms with van der Waals surface area (Å²) in [5.41, 5.74) is 4.57. The van der Waals surface area contributed by atoms with Gasteiger partial charge in [-0.15, -0.1) is 0 Å². The highest BCUT2D eigenvalue weighted by molar-refractivity contribution is 6.05. The van der Waals surface area contributed by atoms with E-state index in [1.165, 1.54) is 0 Å². The van der Waals surface area contributed by atoms with Gasteiger partial charge < -0.3 is 15.8 Å². The minimum atomic E-state index is -0.977. The molecule has 0 spiro atoms. The Bertz CT molecular complexity index is 298. The number of amides is 1. The molecule has 0 aromatic carbocycles. The molecule has 0 bridgehead atoms. The van der Waals surface area contributed by atoms with E-state index >= 15 is 0 Å². The first-order valence-corrected chi connectivity index (χ1v) is 5.89. The molecule has 1 unspecified atom stereocenters. The van der Waals surface area contributed by atoms with Crippen LogP contribution in [0.1, 0.15) is 41.0 Å². The summed E-state index contributed by atoms with van der Waals surface area (Å²) >= 11 is 0. The van der Waals surface area contributed by atoms with E-state index in [1.54, 1.807) is 25.8 Å². The molecular weight excluding hydrogens is 218 g/mol. The molecule has 0 radical (unpaired) electrons. The van der Waals surface area contributed by atoms with Crippen molar-refractivity contribution in [3.05, 3.63) is 0 Å². The molecule has 5 heteroatoms. The molecule has 5 nitrogen and oxygen atoms in total. The van der Waals surface area contributed by atoms with Gasteiger partial charge in [0.05, 0.1) is 0 Å². The molecule has 0 aromatic heterocycles. The molecule has 0 aliphatic carbocycles. The molecule has 3 N–H and O–H groups in total. The van der Waals surface area contributed by atoms with Crippen molar-refractivity contribution < 1.29 is 10.0 Å². The molecule has 17 heavy (non-hydrogen) atoms. The van der Waals surface area contributed by atoms with Gasteiger partial charge in [0.2, 0.25) is 5.91 Å². The van der Waals surface area contributed by atoms with Crippen LogP contribution in [0.2, 0.25) is 0 Å². The zero-order valence-electron chi connectivity index (χ0n) is 11.7. The molecule has 1 atom stereocenters. The number of carbonyl (C=O) groups is 1. The maximum atomic E-state index is 12.2. The van der Waals surface area contributed by atoms with Crippen molar-refractivity contribution in [1.82, 2.24) is 4.90 Å². The van der Waals surface area contributed by atoms with Crippen molar-refractivity contribution in [3.8, 4) is 0 Å². The van der Waals surface area contributed by atoms with Crippen LogP contribution in [0.25, 0.3) is 0 Å². The van der Waals surface area contributed by atoms with Crippen molar-refractivity contribution in [2.45, 2.75) is 47.1 Å². The van der Waals surface area contributed by atoms with Gasteiger partial charge in [0.1, 0.15) is 5.41 Å². The number of nitrogens with zero attached hydrogens (tertiary/aromatic N) is 2. The molecule has 0 aromatic rings. The second kappa shape index (κ2) is 5.89. The third-order valence-electron chi connectivity index (χ3n) is 3.08. The summed E-state index contributed by atoms with van der Waals surface area (Å²) in [5.74, 6) is 0.319. The number of rotatable bonds is 5. The first-order valence-electron chi connectivity index (χ1n) is 5.89. The van der Waals surface area contributed by atoms with E-state index in [2.05, 4.69) is 19.0 Å². The number of hydrogen-bond donors (Lipinski definition) is 2. The number of nitrogens with two attached hydrogens (primary N) is 1. The Morgan fingerprint density at radius 1 is 1.41 bits per heavy atom. The zero-order valence-corrected chi connectivity index (χ0v) is 11.7. The molecule has 0 aliphatic rings. The van der Waals surface area contributed by atoms with Crippen LogP contribution in [0.3, 0.4) is 0 Å². The average molecular weight is 243 g/mol. The van der Waals surface area contributed by atoms with Gasteiger partial charge in [-0.1, -0.05) is 19.0 Å². The quantitative estimate of drug-likeness (QED) is 0.333. The van der Waals surface area contributed by atoms with Gasteiger partial charge in [-0.2, -0.15) is 0 Å². The van der Waals surface area contributed by atoms with E-state index in [9.17, 15) is 4.79 Å². The van der Waals surface area contributed by atoms with E-state index in [-0.39, 0.29) is 17.8 Å².